The van der Waals surface area contributed by atoms with Crippen LogP contribution in [0, 0.1) is 6.92 Å². The number of carbonyl (C=O) groups is 1. The predicted molar refractivity (Wildman–Crippen MR) is 97.8 cm³/mol. The molecule has 3 aromatic rings. The molecule has 0 fully saturated rings. The van der Waals surface area contributed by atoms with Crippen molar-refractivity contribution in [1.82, 2.24) is 14.9 Å². The minimum Gasteiger partial charge on any atom is -0.350 e. The van der Waals surface area contributed by atoms with Gasteiger partial charge in [-0.1, -0.05) is 35.9 Å². The number of imidazole rings is 1. The fourth-order valence-electron chi connectivity index (χ4n) is 2.84. The number of para-hydroxylation sites is 2. The molecule has 0 radical (unpaired) electrons. The average Bonchev–Trinajstić information content (AvgIpc) is 2.84. The van der Waals surface area contributed by atoms with Crippen molar-refractivity contribution >= 4 is 16.9 Å². The summed E-state index contributed by atoms with van der Waals surface area (Å²) in [5.41, 5.74) is 3.81. The second kappa shape index (κ2) is 6.11. The highest BCUT2D eigenvalue weighted by Crippen LogP contribution is 2.25. The minimum atomic E-state index is -0.253. The number of fused-ring (bicyclic) bond motifs is 1. The molecule has 0 bridgehead atoms. The summed E-state index contributed by atoms with van der Waals surface area (Å²) in [5.74, 6) is 0.809. The third-order valence-electron chi connectivity index (χ3n) is 3.75. The van der Waals surface area contributed by atoms with Crippen molar-refractivity contribution in [2.75, 3.05) is 0 Å². The zero-order chi connectivity index (χ0) is 17.3. The smallest absolute Gasteiger partial charge is 0.240 e. The summed E-state index contributed by atoms with van der Waals surface area (Å²) in [5, 5.41) is 3.02. The van der Waals surface area contributed by atoms with Gasteiger partial charge < -0.3 is 9.88 Å². The number of nitrogens with one attached hydrogen (secondary N) is 1. The van der Waals surface area contributed by atoms with Crippen LogP contribution >= 0.6 is 0 Å². The second-order valence-corrected chi connectivity index (χ2v) is 7.18. The van der Waals surface area contributed by atoms with Gasteiger partial charge in [-0.05, 0) is 45.9 Å². The summed E-state index contributed by atoms with van der Waals surface area (Å²) in [4.78, 5) is 17.2. The number of aryl methyl sites for hydroxylation is 1. The van der Waals surface area contributed by atoms with Crippen molar-refractivity contribution in [1.29, 1.82) is 0 Å². The van der Waals surface area contributed by atoms with E-state index in [4.69, 9.17) is 4.98 Å². The molecule has 24 heavy (non-hydrogen) atoms. The van der Waals surface area contributed by atoms with E-state index in [1.54, 1.807) is 0 Å². The third-order valence-corrected chi connectivity index (χ3v) is 3.75. The molecule has 2 aromatic carbocycles. The molecule has 0 atom stereocenters. The van der Waals surface area contributed by atoms with E-state index in [-0.39, 0.29) is 18.0 Å². The standard InChI is InChI=1S/C20H23N3O/c1-14-8-7-9-15(12-14)19-21-16-10-5-6-11-17(16)23(19)13-18(24)22-20(2,3)4/h5-12H,13H2,1-4H3,(H,22,24). The Morgan fingerprint density at radius 1 is 1.12 bits per heavy atom. The van der Waals surface area contributed by atoms with Crippen LogP contribution < -0.4 is 5.32 Å². The molecule has 1 amide bonds. The molecule has 1 heterocycles. The number of benzene rings is 2. The van der Waals surface area contributed by atoms with E-state index >= 15 is 0 Å². The lowest BCUT2D eigenvalue weighted by Crippen LogP contribution is -2.42. The maximum absolute atomic E-state index is 12.5. The topological polar surface area (TPSA) is 46.9 Å². The van der Waals surface area contributed by atoms with Gasteiger partial charge >= 0.3 is 0 Å². The Hall–Kier alpha value is -2.62. The zero-order valence-corrected chi connectivity index (χ0v) is 14.6. The van der Waals surface area contributed by atoms with Gasteiger partial charge in [-0.25, -0.2) is 4.98 Å². The zero-order valence-electron chi connectivity index (χ0n) is 14.6. The van der Waals surface area contributed by atoms with Crippen LogP contribution in [0.25, 0.3) is 22.4 Å². The van der Waals surface area contributed by atoms with Crippen molar-refractivity contribution in [3.63, 3.8) is 0 Å². The quantitative estimate of drug-likeness (QED) is 0.794. The summed E-state index contributed by atoms with van der Waals surface area (Å²) in [6.45, 7) is 8.26. The van der Waals surface area contributed by atoms with Gasteiger partial charge in [0.05, 0.1) is 11.0 Å². The Morgan fingerprint density at radius 3 is 2.58 bits per heavy atom. The Bertz CT molecular complexity index is 887. The first kappa shape index (κ1) is 16.2. The molecule has 4 nitrogen and oxygen atoms in total. The molecule has 1 N–H and O–H groups in total. The maximum Gasteiger partial charge on any atom is 0.240 e. The van der Waals surface area contributed by atoms with Gasteiger partial charge in [0.1, 0.15) is 12.4 Å². The Labute approximate surface area is 142 Å². The van der Waals surface area contributed by atoms with Crippen LogP contribution in [0.3, 0.4) is 0 Å². The second-order valence-electron chi connectivity index (χ2n) is 7.18. The summed E-state index contributed by atoms with van der Waals surface area (Å²) in [7, 11) is 0. The molecule has 0 saturated carbocycles. The van der Waals surface area contributed by atoms with Gasteiger partial charge in [0.15, 0.2) is 0 Å². The van der Waals surface area contributed by atoms with E-state index in [1.165, 1.54) is 5.56 Å². The normalized spacial score (nSPS) is 11.7. The molecule has 124 valence electrons. The SMILES string of the molecule is Cc1cccc(-c2nc3ccccc3n2CC(=O)NC(C)(C)C)c1. The predicted octanol–water partition coefficient (Wildman–Crippen LogP) is 3.93. The molecule has 0 aliphatic rings. The maximum atomic E-state index is 12.5. The van der Waals surface area contributed by atoms with Crippen LogP contribution in [0.15, 0.2) is 48.5 Å². The Kier molecular flexibility index (Phi) is 4.14. The van der Waals surface area contributed by atoms with E-state index < -0.39 is 0 Å². The van der Waals surface area contributed by atoms with Crippen LogP contribution in [0.1, 0.15) is 26.3 Å². The van der Waals surface area contributed by atoms with Crippen LogP contribution in [-0.4, -0.2) is 21.0 Å². The van der Waals surface area contributed by atoms with Crippen molar-refractivity contribution in [2.24, 2.45) is 0 Å². The lowest BCUT2D eigenvalue weighted by atomic mass is 10.1. The van der Waals surface area contributed by atoms with Gasteiger partial charge in [-0.2, -0.15) is 0 Å². The Morgan fingerprint density at radius 2 is 1.88 bits per heavy atom. The van der Waals surface area contributed by atoms with Crippen molar-refractivity contribution in [2.45, 2.75) is 39.8 Å². The van der Waals surface area contributed by atoms with E-state index in [9.17, 15) is 4.79 Å². The summed E-state index contributed by atoms with van der Waals surface area (Å²) >= 11 is 0. The molecule has 0 saturated heterocycles. The number of hydrogen-bond acceptors (Lipinski definition) is 2. The third kappa shape index (κ3) is 3.48. The summed E-state index contributed by atoms with van der Waals surface area (Å²) in [6, 6.07) is 16.1. The monoisotopic (exact) mass is 321 g/mol. The number of amides is 1. The van der Waals surface area contributed by atoms with Crippen LogP contribution in [0.4, 0.5) is 0 Å². The molecule has 0 aliphatic carbocycles. The molecule has 1 aromatic heterocycles. The van der Waals surface area contributed by atoms with Gasteiger partial charge in [0, 0.05) is 11.1 Å². The largest absolute Gasteiger partial charge is 0.350 e. The van der Waals surface area contributed by atoms with Crippen molar-refractivity contribution in [3.05, 3.63) is 54.1 Å². The molecule has 0 unspecified atom stereocenters. The number of carbonyl (C=O) groups excluding carboxylic acids is 1. The fraction of sp³-hybridized carbons (Fsp3) is 0.300. The number of nitrogens with zero attached hydrogens (tertiary/aromatic N) is 2. The molecule has 4 heteroatoms. The number of aromatic nitrogens is 2. The van der Waals surface area contributed by atoms with E-state index in [0.29, 0.717) is 0 Å². The molecule has 3 rings (SSSR count). The van der Waals surface area contributed by atoms with Gasteiger partial charge in [0.2, 0.25) is 5.91 Å². The summed E-state index contributed by atoms with van der Waals surface area (Å²) in [6.07, 6.45) is 0. The first-order valence-electron chi connectivity index (χ1n) is 8.17. The van der Waals surface area contributed by atoms with E-state index in [0.717, 1.165) is 22.4 Å². The van der Waals surface area contributed by atoms with E-state index in [2.05, 4.69) is 24.4 Å². The van der Waals surface area contributed by atoms with Gasteiger partial charge in [0.25, 0.3) is 0 Å². The molecular formula is C20H23N3O. The molecular weight excluding hydrogens is 298 g/mol. The number of hydrogen-bond donors (Lipinski definition) is 1. The first-order valence-corrected chi connectivity index (χ1v) is 8.17. The fourth-order valence-corrected chi connectivity index (χ4v) is 2.84. The van der Waals surface area contributed by atoms with Crippen LogP contribution in [0.2, 0.25) is 0 Å². The number of rotatable bonds is 3. The first-order chi connectivity index (χ1) is 11.3. The minimum absolute atomic E-state index is 0.0143. The van der Waals surface area contributed by atoms with Crippen molar-refractivity contribution < 1.29 is 4.79 Å². The highest BCUT2D eigenvalue weighted by Gasteiger charge is 2.18. The Balaban J connectivity index is 2.07. The molecule has 0 spiro atoms. The van der Waals surface area contributed by atoms with E-state index in [1.807, 2.05) is 61.7 Å². The van der Waals surface area contributed by atoms with Crippen LogP contribution in [-0.2, 0) is 11.3 Å². The van der Waals surface area contributed by atoms with Crippen LogP contribution in [0.5, 0.6) is 0 Å². The lowest BCUT2D eigenvalue weighted by molar-refractivity contribution is -0.123. The highest BCUT2D eigenvalue weighted by atomic mass is 16.2. The van der Waals surface area contributed by atoms with Crippen molar-refractivity contribution in [3.8, 4) is 11.4 Å². The lowest BCUT2D eigenvalue weighted by Gasteiger charge is -2.21. The van der Waals surface area contributed by atoms with Gasteiger partial charge in [-0.3, -0.25) is 4.79 Å². The highest BCUT2D eigenvalue weighted by molar-refractivity contribution is 5.84. The average molecular weight is 321 g/mol. The molecule has 0 aliphatic heterocycles. The summed E-state index contributed by atoms with van der Waals surface area (Å²) < 4.78 is 1.99. The van der Waals surface area contributed by atoms with Gasteiger partial charge in [-0.15, -0.1) is 0 Å².